The van der Waals surface area contributed by atoms with Crippen LogP contribution in [0.25, 0.3) is 10.9 Å². The summed E-state index contributed by atoms with van der Waals surface area (Å²) in [6, 6.07) is 13.6. The van der Waals surface area contributed by atoms with Gasteiger partial charge in [0.2, 0.25) is 5.88 Å². The number of pyridine rings is 1. The number of hydrogen-bond donors (Lipinski definition) is 3. The standard InChI is InChI=1S/C35H42ClN3O7S/c1-7-8-9-10-27(38-42)21-25-22-39(33(40)46-34(2,3)4)18-17-35(25,41)31(23-11-13-26(36)14-12-23)29-20-24-19-28(47(6,43)44)15-16-30(24)37-32(29)45-5/h7-16,19-20,25,31,38,41-42H,1,17-18,21-22H2,2-6H3/p+1. The van der Waals surface area contributed by atoms with Gasteiger partial charge in [0.1, 0.15) is 11.3 Å². The topological polar surface area (TPSA) is 143 Å². The SMILES string of the molecule is C=CC=CC=C(CC1CN(C(=O)OC(C)(C)C)CCC1(O)C(c1ccc(Cl)cc1)c1cc2cc(S(C)(=O)=O)ccc2nc1OC)[NH2+]O. The minimum Gasteiger partial charge on any atom is -0.481 e. The number of hydroxylamine groups is 1. The third-order valence-electron chi connectivity index (χ3n) is 8.20. The van der Waals surface area contributed by atoms with E-state index in [1.165, 1.54) is 13.2 Å². The lowest BCUT2D eigenvalue weighted by Gasteiger charge is -2.49. The van der Waals surface area contributed by atoms with Gasteiger partial charge < -0.3 is 19.5 Å². The molecule has 3 atom stereocenters. The molecule has 1 fully saturated rings. The quantitative estimate of drug-likeness (QED) is 0.191. The minimum absolute atomic E-state index is 0.118. The van der Waals surface area contributed by atoms with E-state index in [1.54, 1.807) is 80.3 Å². The Balaban J connectivity index is 1.95. The van der Waals surface area contributed by atoms with Crippen molar-refractivity contribution >= 4 is 38.4 Å². The number of benzene rings is 2. The van der Waals surface area contributed by atoms with Crippen LogP contribution in [0.3, 0.4) is 0 Å². The van der Waals surface area contributed by atoms with Crippen LogP contribution in [0.4, 0.5) is 4.79 Å². The number of rotatable bonds is 10. The number of quaternary nitrogens is 1. The molecule has 1 aromatic heterocycles. The first-order chi connectivity index (χ1) is 22.1. The van der Waals surface area contributed by atoms with Crippen LogP contribution in [0.1, 0.15) is 50.7 Å². The van der Waals surface area contributed by atoms with E-state index in [2.05, 4.69) is 6.58 Å². The van der Waals surface area contributed by atoms with Crippen molar-refractivity contribution in [1.29, 1.82) is 0 Å². The number of ether oxygens (including phenoxy) is 2. The molecule has 1 amide bonds. The molecule has 3 aromatic rings. The Hall–Kier alpha value is -3.74. The number of sulfone groups is 1. The maximum absolute atomic E-state index is 13.3. The van der Waals surface area contributed by atoms with Crippen LogP contribution in [0.2, 0.25) is 5.02 Å². The Morgan fingerprint density at radius 2 is 1.91 bits per heavy atom. The molecule has 0 radical (unpaired) electrons. The maximum Gasteiger partial charge on any atom is 0.410 e. The molecular weight excluding hydrogens is 642 g/mol. The Bertz CT molecular complexity index is 1790. The van der Waals surface area contributed by atoms with Gasteiger partial charge in [0.25, 0.3) is 0 Å². The molecule has 0 spiro atoms. The summed E-state index contributed by atoms with van der Waals surface area (Å²) in [4.78, 5) is 19.7. The molecule has 10 nitrogen and oxygen atoms in total. The number of carbonyl (C=O) groups excluding carboxylic acids is 1. The number of fused-ring (bicyclic) bond motifs is 1. The average molecular weight is 685 g/mol. The van der Waals surface area contributed by atoms with Crippen molar-refractivity contribution in [2.45, 2.75) is 55.6 Å². The van der Waals surface area contributed by atoms with Crippen LogP contribution in [-0.4, -0.2) is 72.4 Å². The van der Waals surface area contributed by atoms with Crippen LogP contribution < -0.4 is 10.2 Å². The normalized spacial score (nSPS) is 20.0. The lowest BCUT2D eigenvalue weighted by molar-refractivity contribution is -0.852. The monoisotopic (exact) mass is 684 g/mol. The fourth-order valence-corrected chi connectivity index (χ4v) is 6.78. The highest BCUT2D eigenvalue weighted by Crippen LogP contribution is 2.49. The number of halogens is 1. The van der Waals surface area contributed by atoms with Crippen molar-refractivity contribution in [2.24, 2.45) is 5.92 Å². The number of methoxy groups -OCH3 is 1. The zero-order chi connectivity index (χ0) is 34.6. The summed E-state index contributed by atoms with van der Waals surface area (Å²) in [5.41, 5.74) is 1.00. The third kappa shape index (κ3) is 8.60. The molecule has 4 rings (SSSR count). The lowest BCUT2D eigenvalue weighted by Crippen LogP contribution is -2.79. The smallest absolute Gasteiger partial charge is 0.410 e. The molecule has 47 heavy (non-hydrogen) atoms. The van der Waals surface area contributed by atoms with Crippen molar-refractivity contribution in [3.63, 3.8) is 0 Å². The highest BCUT2D eigenvalue weighted by Gasteiger charge is 2.51. The lowest BCUT2D eigenvalue weighted by atomic mass is 9.66. The Labute approximate surface area is 281 Å². The molecule has 252 valence electrons. The third-order valence-corrected chi connectivity index (χ3v) is 9.56. The second-order valence-corrected chi connectivity index (χ2v) is 15.2. The van der Waals surface area contributed by atoms with Gasteiger partial charge in [0, 0.05) is 53.6 Å². The molecule has 1 aliphatic rings. The number of nitrogens with two attached hydrogens (primary N) is 1. The summed E-state index contributed by atoms with van der Waals surface area (Å²) in [6.45, 7) is 9.37. The molecule has 1 aliphatic heterocycles. The first-order valence-corrected chi connectivity index (χ1v) is 17.5. The van der Waals surface area contributed by atoms with Gasteiger partial charge in [-0.25, -0.2) is 23.4 Å². The second-order valence-electron chi connectivity index (χ2n) is 12.8. The molecule has 1 saturated heterocycles. The molecule has 0 saturated carbocycles. The number of carbonyl (C=O) groups is 1. The summed E-state index contributed by atoms with van der Waals surface area (Å²) >= 11 is 6.30. The van der Waals surface area contributed by atoms with Crippen molar-refractivity contribution < 1.29 is 38.5 Å². The van der Waals surface area contributed by atoms with Gasteiger partial charge >= 0.3 is 6.09 Å². The van der Waals surface area contributed by atoms with E-state index in [4.69, 9.17) is 26.1 Å². The van der Waals surface area contributed by atoms with Crippen LogP contribution in [0, 0.1) is 5.92 Å². The van der Waals surface area contributed by atoms with E-state index in [9.17, 15) is 23.5 Å². The summed E-state index contributed by atoms with van der Waals surface area (Å²) < 4.78 is 36.4. The van der Waals surface area contributed by atoms with Crippen LogP contribution in [0.5, 0.6) is 5.88 Å². The van der Waals surface area contributed by atoms with E-state index in [0.717, 1.165) is 11.7 Å². The van der Waals surface area contributed by atoms with E-state index in [-0.39, 0.29) is 36.7 Å². The number of aromatic nitrogens is 1. The van der Waals surface area contributed by atoms with E-state index >= 15 is 0 Å². The first kappa shape index (κ1) is 36.1. The minimum atomic E-state index is -3.51. The maximum atomic E-state index is 13.3. The van der Waals surface area contributed by atoms with E-state index in [1.807, 2.05) is 12.1 Å². The number of aliphatic hydroxyl groups is 1. The van der Waals surface area contributed by atoms with Gasteiger partial charge in [-0.1, -0.05) is 48.5 Å². The molecule has 2 aromatic carbocycles. The number of likely N-dealkylation sites (tertiary alicyclic amines) is 1. The Morgan fingerprint density at radius 3 is 2.51 bits per heavy atom. The van der Waals surface area contributed by atoms with Crippen molar-refractivity contribution in [3.05, 3.63) is 101 Å². The number of hydrogen-bond acceptors (Lipinski definition) is 8. The van der Waals surface area contributed by atoms with E-state index in [0.29, 0.717) is 32.7 Å². The molecule has 0 bridgehead atoms. The molecule has 2 heterocycles. The predicted molar refractivity (Wildman–Crippen MR) is 181 cm³/mol. The predicted octanol–water partition coefficient (Wildman–Crippen LogP) is 5.39. The van der Waals surface area contributed by atoms with Crippen LogP contribution in [-0.2, 0) is 14.6 Å². The highest BCUT2D eigenvalue weighted by molar-refractivity contribution is 7.90. The Kier molecular flexibility index (Phi) is 11.2. The summed E-state index contributed by atoms with van der Waals surface area (Å²) in [5.74, 6) is -1.15. The largest absolute Gasteiger partial charge is 0.481 e. The van der Waals surface area contributed by atoms with Gasteiger partial charge in [0.15, 0.2) is 9.84 Å². The summed E-state index contributed by atoms with van der Waals surface area (Å²) in [6.07, 6.45) is 7.74. The number of nitrogens with zero attached hydrogens (tertiary/aromatic N) is 2. The van der Waals surface area contributed by atoms with Gasteiger partial charge in [-0.2, -0.15) is 5.48 Å². The van der Waals surface area contributed by atoms with Gasteiger partial charge in [-0.3, -0.25) is 0 Å². The zero-order valence-corrected chi connectivity index (χ0v) is 28.9. The van der Waals surface area contributed by atoms with Crippen LogP contribution in [0.15, 0.2) is 90.0 Å². The van der Waals surface area contributed by atoms with Gasteiger partial charge in [-0.05, 0) is 75.2 Å². The molecule has 12 heteroatoms. The van der Waals surface area contributed by atoms with Gasteiger partial charge in [0.05, 0.1) is 23.1 Å². The molecule has 3 unspecified atom stereocenters. The first-order valence-electron chi connectivity index (χ1n) is 15.2. The van der Waals surface area contributed by atoms with E-state index < -0.39 is 39.0 Å². The number of allylic oxidation sites excluding steroid dienone is 5. The number of amides is 1. The fourth-order valence-electron chi connectivity index (χ4n) is 6.00. The molecule has 0 aliphatic carbocycles. The molecular formula is C35H43ClN3O7S+. The van der Waals surface area contributed by atoms with Gasteiger partial charge in [-0.15, -0.1) is 0 Å². The number of piperidine rings is 1. The average Bonchev–Trinajstić information content (AvgIpc) is 3.00. The summed E-state index contributed by atoms with van der Waals surface area (Å²) in [7, 11) is -2.02. The van der Waals surface area contributed by atoms with Crippen molar-refractivity contribution in [1.82, 2.24) is 9.88 Å². The zero-order valence-electron chi connectivity index (χ0n) is 27.3. The summed E-state index contributed by atoms with van der Waals surface area (Å²) in [5, 5.41) is 24.3. The molecule has 4 N–H and O–H groups in total. The van der Waals surface area contributed by atoms with Crippen molar-refractivity contribution in [2.75, 3.05) is 26.5 Å². The second kappa shape index (κ2) is 14.6. The highest BCUT2D eigenvalue weighted by atomic mass is 35.5. The van der Waals surface area contributed by atoms with Crippen molar-refractivity contribution in [3.8, 4) is 5.88 Å². The fraction of sp³-hybridized carbons (Fsp3) is 0.371. The Morgan fingerprint density at radius 1 is 1.21 bits per heavy atom. The van der Waals surface area contributed by atoms with Crippen LogP contribution >= 0.6 is 11.6 Å².